The fraction of sp³-hybridized carbons (Fsp3) is 0.591. The van der Waals surface area contributed by atoms with E-state index in [9.17, 15) is 4.79 Å². The normalized spacial score (nSPS) is 23.0. The van der Waals surface area contributed by atoms with Crippen LogP contribution in [-0.2, 0) is 11.3 Å². The van der Waals surface area contributed by atoms with Gasteiger partial charge < -0.3 is 19.9 Å². The van der Waals surface area contributed by atoms with Crippen LogP contribution in [0, 0.1) is 5.92 Å². The Morgan fingerprint density at radius 3 is 2.83 bits per heavy atom. The molecule has 1 unspecified atom stereocenters. The van der Waals surface area contributed by atoms with Crippen molar-refractivity contribution in [3.63, 3.8) is 0 Å². The zero-order valence-electron chi connectivity index (χ0n) is 17.4. The van der Waals surface area contributed by atoms with Crippen LogP contribution in [0.1, 0.15) is 20.3 Å². The molecule has 2 aliphatic heterocycles. The van der Waals surface area contributed by atoms with Crippen molar-refractivity contribution >= 4 is 34.4 Å². The summed E-state index contributed by atoms with van der Waals surface area (Å²) < 4.78 is 7.79. The summed E-state index contributed by atoms with van der Waals surface area (Å²) in [4.78, 5) is 15.1. The molecule has 0 aliphatic carbocycles. The molecule has 7 heteroatoms. The summed E-state index contributed by atoms with van der Waals surface area (Å²) in [7, 11) is 0. The molecule has 0 saturated carbocycles. The lowest BCUT2D eigenvalue weighted by molar-refractivity contribution is -0.0123. The Morgan fingerprint density at radius 2 is 2.10 bits per heavy atom. The molecule has 2 aliphatic rings. The molecule has 29 heavy (non-hydrogen) atoms. The smallest absolute Gasteiger partial charge is 0.319 e. The molecule has 6 nitrogen and oxygen atoms in total. The lowest BCUT2D eigenvalue weighted by atomic mass is 9.95. The van der Waals surface area contributed by atoms with Gasteiger partial charge in [0.1, 0.15) is 0 Å². The van der Waals surface area contributed by atoms with Crippen molar-refractivity contribution in [1.82, 2.24) is 14.8 Å². The summed E-state index contributed by atoms with van der Waals surface area (Å²) in [6, 6.07) is 8.12. The summed E-state index contributed by atoms with van der Waals surface area (Å²) in [6.07, 6.45) is 3.24. The number of benzene rings is 1. The van der Waals surface area contributed by atoms with Gasteiger partial charge in [-0.15, -0.1) is 0 Å². The zero-order valence-corrected chi connectivity index (χ0v) is 18.3. The highest BCUT2D eigenvalue weighted by Gasteiger charge is 2.40. The Morgan fingerprint density at radius 1 is 1.28 bits per heavy atom. The van der Waals surface area contributed by atoms with E-state index in [1.807, 2.05) is 17.8 Å². The Labute approximate surface area is 177 Å². The van der Waals surface area contributed by atoms with Gasteiger partial charge in [0.05, 0.1) is 13.2 Å². The minimum atomic E-state index is -0.129. The summed E-state index contributed by atoms with van der Waals surface area (Å²) in [5.74, 6) is 2.83. The first-order valence-corrected chi connectivity index (χ1v) is 11.8. The number of nitrogens with one attached hydrogen (secondary N) is 2. The van der Waals surface area contributed by atoms with Crippen molar-refractivity contribution in [3.05, 3.63) is 30.5 Å². The maximum absolute atomic E-state index is 12.6. The van der Waals surface area contributed by atoms with Crippen LogP contribution in [-0.4, -0.2) is 65.4 Å². The molecule has 0 radical (unpaired) electrons. The van der Waals surface area contributed by atoms with Crippen molar-refractivity contribution in [2.45, 2.75) is 32.4 Å². The topological polar surface area (TPSA) is 58.5 Å². The van der Waals surface area contributed by atoms with Gasteiger partial charge in [-0.05, 0) is 42.4 Å². The van der Waals surface area contributed by atoms with Gasteiger partial charge in [-0.1, -0.05) is 13.8 Å². The second-order valence-electron chi connectivity index (χ2n) is 8.57. The van der Waals surface area contributed by atoms with Crippen LogP contribution >= 0.6 is 11.8 Å². The number of fused-ring (bicyclic) bond motifs is 1. The number of urea groups is 1. The SMILES string of the molecule is CC(C)Cn1ccc2cc(NC(=O)NCC3(N4CCOCC4)CCSC3)ccc21. The van der Waals surface area contributed by atoms with Crippen LogP contribution < -0.4 is 10.6 Å². The number of rotatable bonds is 6. The Kier molecular flexibility index (Phi) is 6.37. The molecule has 2 fully saturated rings. The fourth-order valence-corrected chi connectivity index (χ4v) is 5.86. The lowest BCUT2D eigenvalue weighted by Gasteiger charge is -2.43. The molecule has 4 rings (SSSR count). The van der Waals surface area contributed by atoms with Gasteiger partial charge in [0, 0.05) is 60.3 Å². The van der Waals surface area contributed by atoms with E-state index in [4.69, 9.17) is 4.74 Å². The Balaban J connectivity index is 1.37. The standard InChI is InChI=1S/C22H32N4O2S/c1-17(2)14-25-7-5-18-13-19(3-4-20(18)25)24-21(27)23-15-22(6-12-29-16-22)26-8-10-28-11-9-26/h3-5,7,13,17H,6,8-12,14-16H2,1-2H3,(H2,23,24,27). The first-order chi connectivity index (χ1) is 14.1. The highest BCUT2D eigenvalue weighted by Crippen LogP contribution is 2.33. The van der Waals surface area contributed by atoms with Crippen LogP contribution in [0.2, 0.25) is 0 Å². The van der Waals surface area contributed by atoms with Crippen LogP contribution in [0.15, 0.2) is 30.5 Å². The molecular weight excluding hydrogens is 384 g/mol. The number of amides is 2. The number of carbonyl (C=O) groups excluding carboxylic acids is 1. The summed E-state index contributed by atoms with van der Waals surface area (Å²) >= 11 is 1.98. The summed E-state index contributed by atoms with van der Waals surface area (Å²) in [6.45, 7) is 9.60. The van der Waals surface area contributed by atoms with Gasteiger partial charge in [0.15, 0.2) is 0 Å². The maximum atomic E-state index is 12.6. The van der Waals surface area contributed by atoms with E-state index in [1.165, 1.54) is 5.52 Å². The predicted molar refractivity (Wildman–Crippen MR) is 121 cm³/mol. The maximum Gasteiger partial charge on any atom is 0.319 e. The Bertz CT molecular complexity index is 838. The highest BCUT2D eigenvalue weighted by molar-refractivity contribution is 7.99. The minimum absolute atomic E-state index is 0.0593. The second-order valence-corrected chi connectivity index (χ2v) is 9.67. The van der Waals surface area contributed by atoms with E-state index >= 15 is 0 Å². The van der Waals surface area contributed by atoms with E-state index in [-0.39, 0.29) is 11.6 Å². The predicted octanol–water partition coefficient (Wildman–Crippen LogP) is 3.63. The molecular formula is C22H32N4O2S. The van der Waals surface area contributed by atoms with E-state index < -0.39 is 0 Å². The molecule has 2 N–H and O–H groups in total. The number of nitrogens with zero attached hydrogens (tertiary/aromatic N) is 2. The van der Waals surface area contributed by atoms with Crippen molar-refractivity contribution in [1.29, 1.82) is 0 Å². The first-order valence-electron chi connectivity index (χ1n) is 10.6. The highest BCUT2D eigenvalue weighted by atomic mass is 32.2. The van der Waals surface area contributed by atoms with Gasteiger partial charge in [0.2, 0.25) is 0 Å². The van der Waals surface area contributed by atoms with Crippen LogP contribution in [0.3, 0.4) is 0 Å². The minimum Gasteiger partial charge on any atom is -0.379 e. The third kappa shape index (κ3) is 4.73. The van der Waals surface area contributed by atoms with Gasteiger partial charge in [0.25, 0.3) is 0 Å². The molecule has 0 bridgehead atoms. The van der Waals surface area contributed by atoms with Gasteiger partial charge >= 0.3 is 6.03 Å². The molecule has 3 heterocycles. The second kappa shape index (κ2) is 8.98. The summed E-state index contributed by atoms with van der Waals surface area (Å²) in [5.41, 5.74) is 2.10. The number of anilines is 1. The molecule has 2 amide bonds. The molecule has 1 atom stereocenters. The quantitative estimate of drug-likeness (QED) is 0.755. The Hall–Kier alpha value is -1.70. The van der Waals surface area contributed by atoms with E-state index in [1.54, 1.807) is 0 Å². The molecule has 2 saturated heterocycles. The van der Waals surface area contributed by atoms with Gasteiger partial charge in [-0.2, -0.15) is 11.8 Å². The van der Waals surface area contributed by atoms with Gasteiger partial charge in [-0.3, -0.25) is 4.90 Å². The van der Waals surface area contributed by atoms with E-state index in [0.717, 1.165) is 61.8 Å². The zero-order chi connectivity index (χ0) is 20.3. The van der Waals surface area contributed by atoms with Gasteiger partial charge in [-0.25, -0.2) is 4.79 Å². The monoisotopic (exact) mass is 416 g/mol. The fourth-order valence-electron chi connectivity index (χ4n) is 4.39. The largest absolute Gasteiger partial charge is 0.379 e. The van der Waals surface area contributed by atoms with Crippen molar-refractivity contribution in [2.24, 2.45) is 5.92 Å². The lowest BCUT2D eigenvalue weighted by Crippen LogP contribution is -2.59. The molecule has 1 aromatic heterocycles. The van der Waals surface area contributed by atoms with Crippen LogP contribution in [0.4, 0.5) is 10.5 Å². The number of aromatic nitrogens is 1. The number of thioether (sulfide) groups is 1. The molecule has 0 spiro atoms. The molecule has 158 valence electrons. The average Bonchev–Trinajstić information content (AvgIpc) is 3.35. The van der Waals surface area contributed by atoms with Crippen molar-refractivity contribution < 1.29 is 9.53 Å². The van der Waals surface area contributed by atoms with E-state index in [2.05, 4.69) is 58.3 Å². The number of hydrogen-bond donors (Lipinski definition) is 2. The van der Waals surface area contributed by atoms with E-state index in [0.29, 0.717) is 12.5 Å². The summed E-state index contributed by atoms with van der Waals surface area (Å²) in [5, 5.41) is 7.31. The first kappa shape index (κ1) is 20.6. The van der Waals surface area contributed by atoms with Crippen LogP contribution in [0.5, 0.6) is 0 Å². The third-order valence-corrected chi connectivity index (χ3v) is 7.17. The number of ether oxygens (including phenoxy) is 1. The number of morpholine rings is 1. The average molecular weight is 417 g/mol. The van der Waals surface area contributed by atoms with Crippen molar-refractivity contribution in [2.75, 3.05) is 49.7 Å². The van der Waals surface area contributed by atoms with Crippen LogP contribution in [0.25, 0.3) is 10.9 Å². The molecule has 2 aromatic rings. The van der Waals surface area contributed by atoms with Crippen molar-refractivity contribution in [3.8, 4) is 0 Å². The number of hydrogen-bond acceptors (Lipinski definition) is 4. The third-order valence-electron chi connectivity index (χ3n) is 5.93. The molecule has 1 aromatic carbocycles. The number of carbonyl (C=O) groups is 1.